The molecule has 7 nitrogen and oxygen atoms in total. The fraction of sp³-hybridized carbons (Fsp3) is 0.200. The first-order chi connectivity index (χ1) is 15.3. The standard InChI is InChI=1S/C20H13ClF4N6O/c1-7(19(24)25)14-17(23)16(21)15(9-3-27-30-18(9)14)11-5-31-6-12(28-13(31)4-26-11)29-20(32)8-2-10(8)22/h3-6,8,10H,2H2,1H3,(H,27,30)(H,29,32)/t8-,10+/m1/s1. The van der Waals surface area contributed by atoms with Gasteiger partial charge in [-0.2, -0.15) is 13.9 Å². The Kier molecular flexibility index (Phi) is 4.66. The third-order valence-corrected chi connectivity index (χ3v) is 5.70. The van der Waals surface area contributed by atoms with Gasteiger partial charge in [-0.3, -0.25) is 14.9 Å². The van der Waals surface area contributed by atoms with Crippen LogP contribution in [0.3, 0.4) is 0 Å². The zero-order valence-corrected chi connectivity index (χ0v) is 17.0. The average molecular weight is 465 g/mol. The zero-order chi connectivity index (χ0) is 22.7. The summed E-state index contributed by atoms with van der Waals surface area (Å²) in [6, 6.07) is 0. The van der Waals surface area contributed by atoms with E-state index in [1.807, 2.05) is 0 Å². The van der Waals surface area contributed by atoms with Crippen LogP contribution in [0, 0.1) is 11.7 Å². The van der Waals surface area contributed by atoms with E-state index in [1.54, 1.807) is 0 Å². The maximum absolute atomic E-state index is 15.1. The van der Waals surface area contributed by atoms with Crippen molar-refractivity contribution in [2.45, 2.75) is 19.5 Å². The number of imidazole rings is 1. The Bertz CT molecular complexity index is 1440. The third kappa shape index (κ3) is 3.20. The number of carbonyl (C=O) groups is 1. The van der Waals surface area contributed by atoms with Crippen LogP contribution in [0.25, 0.3) is 33.4 Å². The van der Waals surface area contributed by atoms with Crippen molar-refractivity contribution >= 4 is 45.4 Å². The number of aromatic nitrogens is 5. The molecule has 12 heteroatoms. The first kappa shape index (κ1) is 20.4. The summed E-state index contributed by atoms with van der Waals surface area (Å²) in [6.45, 7) is 1.09. The molecule has 4 aromatic rings. The van der Waals surface area contributed by atoms with Crippen LogP contribution in [0.5, 0.6) is 0 Å². The summed E-state index contributed by atoms with van der Waals surface area (Å²) < 4.78 is 56.0. The molecule has 1 aromatic carbocycles. The number of fused-ring (bicyclic) bond motifs is 2. The number of aromatic amines is 1. The van der Waals surface area contributed by atoms with Crippen molar-refractivity contribution in [2.75, 3.05) is 5.32 Å². The van der Waals surface area contributed by atoms with E-state index in [2.05, 4.69) is 25.5 Å². The highest BCUT2D eigenvalue weighted by atomic mass is 35.5. The molecule has 5 rings (SSSR count). The Labute approximate surface area is 182 Å². The number of H-pyrrole nitrogens is 1. The molecule has 0 spiro atoms. The van der Waals surface area contributed by atoms with Crippen molar-refractivity contribution < 1.29 is 22.4 Å². The summed E-state index contributed by atoms with van der Waals surface area (Å²) in [4.78, 5) is 20.4. The van der Waals surface area contributed by atoms with Gasteiger partial charge in [0.25, 0.3) is 6.08 Å². The van der Waals surface area contributed by atoms with E-state index >= 15 is 4.39 Å². The second-order valence-electron chi connectivity index (χ2n) is 7.43. The molecule has 2 atom stereocenters. The van der Waals surface area contributed by atoms with Crippen LogP contribution < -0.4 is 5.32 Å². The van der Waals surface area contributed by atoms with Gasteiger partial charge in [0.05, 0.1) is 40.7 Å². The fourth-order valence-corrected chi connectivity index (χ4v) is 3.85. The molecule has 1 fully saturated rings. The quantitative estimate of drug-likeness (QED) is 0.416. The molecule has 1 saturated carbocycles. The molecule has 0 bridgehead atoms. The van der Waals surface area contributed by atoms with E-state index in [0.29, 0.717) is 11.0 Å². The van der Waals surface area contributed by atoms with E-state index in [4.69, 9.17) is 11.6 Å². The molecular weight excluding hydrogens is 452 g/mol. The first-order valence-electron chi connectivity index (χ1n) is 9.42. The molecule has 3 aromatic heterocycles. The number of nitrogens with zero attached hydrogens (tertiary/aromatic N) is 4. The average Bonchev–Trinajstić information content (AvgIpc) is 3.11. The molecule has 1 amide bonds. The van der Waals surface area contributed by atoms with Crippen LogP contribution in [-0.2, 0) is 4.79 Å². The number of hydrogen-bond acceptors (Lipinski definition) is 4. The lowest BCUT2D eigenvalue weighted by Crippen LogP contribution is -2.15. The number of halogens is 5. The lowest BCUT2D eigenvalue weighted by molar-refractivity contribution is -0.117. The van der Waals surface area contributed by atoms with Crippen molar-refractivity contribution in [1.29, 1.82) is 0 Å². The molecule has 3 heterocycles. The summed E-state index contributed by atoms with van der Waals surface area (Å²) in [5, 5.41) is 8.85. The van der Waals surface area contributed by atoms with Gasteiger partial charge < -0.3 is 9.72 Å². The van der Waals surface area contributed by atoms with E-state index in [-0.39, 0.29) is 34.6 Å². The lowest BCUT2D eigenvalue weighted by atomic mass is 9.99. The van der Waals surface area contributed by atoms with E-state index < -0.39 is 40.5 Å². The maximum Gasteiger partial charge on any atom is 0.273 e. The van der Waals surface area contributed by atoms with Gasteiger partial charge in [-0.15, -0.1) is 0 Å². The highest BCUT2D eigenvalue weighted by molar-refractivity contribution is 6.35. The molecule has 1 aliphatic rings. The van der Waals surface area contributed by atoms with E-state index in [1.165, 1.54) is 29.2 Å². The summed E-state index contributed by atoms with van der Waals surface area (Å²) in [6.07, 6.45) is 2.72. The van der Waals surface area contributed by atoms with E-state index in [9.17, 15) is 18.0 Å². The molecule has 32 heavy (non-hydrogen) atoms. The van der Waals surface area contributed by atoms with Crippen LogP contribution in [-0.4, -0.2) is 36.6 Å². The number of alkyl halides is 1. The van der Waals surface area contributed by atoms with Crippen LogP contribution in [0.1, 0.15) is 18.9 Å². The first-order valence-corrected chi connectivity index (χ1v) is 9.80. The van der Waals surface area contributed by atoms with Crippen LogP contribution in [0.2, 0.25) is 5.02 Å². The molecule has 2 N–H and O–H groups in total. The number of anilines is 1. The van der Waals surface area contributed by atoms with Crippen molar-refractivity contribution in [3.63, 3.8) is 0 Å². The topological polar surface area (TPSA) is 88.0 Å². The Morgan fingerprint density at radius 1 is 1.31 bits per heavy atom. The molecular formula is C20H13ClF4N6O. The van der Waals surface area contributed by atoms with Crippen LogP contribution >= 0.6 is 11.6 Å². The summed E-state index contributed by atoms with van der Waals surface area (Å²) >= 11 is 6.26. The molecule has 1 aliphatic carbocycles. The third-order valence-electron chi connectivity index (χ3n) is 5.35. The highest BCUT2D eigenvalue weighted by Gasteiger charge is 2.43. The molecule has 164 valence electrons. The maximum atomic E-state index is 15.1. The Balaban J connectivity index is 1.61. The minimum Gasteiger partial charge on any atom is -0.309 e. The Morgan fingerprint density at radius 2 is 2.06 bits per heavy atom. The minimum atomic E-state index is -2.04. The second kappa shape index (κ2) is 7.30. The van der Waals surface area contributed by atoms with Gasteiger partial charge in [0.2, 0.25) is 5.91 Å². The predicted molar refractivity (Wildman–Crippen MR) is 109 cm³/mol. The molecule has 0 unspecified atom stereocenters. The van der Waals surface area contributed by atoms with Crippen molar-refractivity contribution in [1.82, 2.24) is 24.6 Å². The number of amides is 1. The van der Waals surface area contributed by atoms with Gasteiger partial charge >= 0.3 is 0 Å². The summed E-state index contributed by atoms with van der Waals surface area (Å²) in [7, 11) is 0. The molecule has 0 aliphatic heterocycles. The summed E-state index contributed by atoms with van der Waals surface area (Å²) in [5.41, 5.74) is -0.128. The monoisotopic (exact) mass is 464 g/mol. The SMILES string of the molecule is CC(=C(F)F)c1c(F)c(Cl)c(-c2cn3cc(NC(=O)[C@@H]4C[C@@H]4F)nc3cn2)c2cn[nH]c12. The van der Waals surface area contributed by atoms with Crippen LogP contribution in [0.4, 0.5) is 23.4 Å². The molecule has 0 radical (unpaired) electrons. The van der Waals surface area contributed by atoms with Crippen LogP contribution in [0.15, 0.2) is 30.9 Å². The number of rotatable bonds is 4. The fourth-order valence-electron chi connectivity index (χ4n) is 3.55. The smallest absolute Gasteiger partial charge is 0.273 e. The van der Waals surface area contributed by atoms with Gasteiger partial charge in [-0.25, -0.2) is 13.8 Å². The normalized spacial score (nSPS) is 17.7. The van der Waals surface area contributed by atoms with E-state index in [0.717, 1.165) is 6.92 Å². The molecule has 0 saturated heterocycles. The van der Waals surface area contributed by atoms with Crippen molar-refractivity contribution in [2.24, 2.45) is 5.92 Å². The second-order valence-corrected chi connectivity index (χ2v) is 7.81. The number of carbonyl (C=O) groups excluding carboxylic acids is 1. The van der Waals surface area contributed by atoms with Crippen molar-refractivity contribution in [3.8, 4) is 11.3 Å². The number of benzene rings is 1. The minimum absolute atomic E-state index is 0.0536. The largest absolute Gasteiger partial charge is 0.309 e. The lowest BCUT2D eigenvalue weighted by Gasteiger charge is -2.12. The number of nitrogens with one attached hydrogen (secondary N) is 2. The Morgan fingerprint density at radius 3 is 2.75 bits per heavy atom. The number of hydrogen-bond donors (Lipinski definition) is 2. The van der Waals surface area contributed by atoms with Crippen molar-refractivity contribution in [3.05, 3.63) is 47.3 Å². The van der Waals surface area contributed by atoms with Gasteiger partial charge in [-0.05, 0) is 13.3 Å². The van der Waals surface area contributed by atoms with Gasteiger partial charge in [-0.1, -0.05) is 11.6 Å². The highest BCUT2D eigenvalue weighted by Crippen LogP contribution is 2.41. The summed E-state index contributed by atoms with van der Waals surface area (Å²) in [5.74, 6) is -1.96. The van der Waals surface area contributed by atoms with Gasteiger partial charge in [0, 0.05) is 28.3 Å². The van der Waals surface area contributed by atoms with Gasteiger partial charge in [0.1, 0.15) is 6.17 Å². The predicted octanol–water partition coefficient (Wildman–Crippen LogP) is 4.99. The zero-order valence-electron chi connectivity index (χ0n) is 16.3. The number of allylic oxidation sites excluding steroid dienone is 1. The van der Waals surface area contributed by atoms with Gasteiger partial charge in [0.15, 0.2) is 17.3 Å². The Hall–Kier alpha value is -3.47.